The van der Waals surface area contributed by atoms with Crippen LogP contribution < -0.4 is 5.32 Å². The van der Waals surface area contributed by atoms with Gasteiger partial charge in [-0.05, 0) is 30.3 Å². The molecule has 1 N–H and O–H groups in total. The van der Waals surface area contributed by atoms with Gasteiger partial charge in [0.1, 0.15) is 11.6 Å². The molecular weight excluding hydrogens is 322 g/mol. The van der Waals surface area contributed by atoms with Crippen molar-refractivity contribution in [1.29, 1.82) is 0 Å². The molecule has 0 radical (unpaired) electrons. The number of hydrogen-bond donors (Lipinski definition) is 1. The minimum Gasteiger partial charge on any atom is -0.465 e. The van der Waals surface area contributed by atoms with Crippen LogP contribution in [0.15, 0.2) is 59.2 Å². The number of hydrogen-bond acceptors (Lipinski definition) is 4. The number of rotatable bonds is 4. The normalized spacial score (nSPS) is 13.3. The molecule has 1 aromatic carbocycles. The number of nitrogens with zero attached hydrogens (tertiary/aromatic N) is 2. The molecule has 5 nitrogen and oxygen atoms in total. The molecule has 0 bridgehead atoms. The van der Waals surface area contributed by atoms with Gasteiger partial charge in [0.25, 0.3) is 0 Å². The highest BCUT2D eigenvalue weighted by atomic mass is 32.2. The maximum absolute atomic E-state index is 12.3. The van der Waals surface area contributed by atoms with Crippen LogP contribution in [0.3, 0.4) is 0 Å². The van der Waals surface area contributed by atoms with Crippen LogP contribution in [0.2, 0.25) is 0 Å². The number of aromatic nitrogens is 2. The molecule has 1 aliphatic heterocycles. The summed E-state index contributed by atoms with van der Waals surface area (Å²) in [4.78, 5) is 12.3. The van der Waals surface area contributed by atoms with Crippen LogP contribution in [0.1, 0.15) is 17.0 Å². The fraction of sp³-hybridized carbons (Fsp3) is 0.111. The molecule has 4 rings (SSSR count). The van der Waals surface area contributed by atoms with E-state index in [0.29, 0.717) is 5.76 Å². The van der Waals surface area contributed by atoms with E-state index in [4.69, 9.17) is 4.42 Å². The molecule has 0 atom stereocenters. The third kappa shape index (κ3) is 2.88. The molecule has 1 aliphatic rings. The van der Waals surface area contributed by atoms with Gasteiger partial charge in [0.05, 0.1) is 17.6 Å². The summed E-state index contributed by atoms with van der Waals surface area (Å²) in [6, 6.07) is 13.4. The van der Waals surface area contributed by atoms with Crippen molar-refractivity contribution in [3.63, 3.8) is 0 Å². The van der Waals surface area contributed by atoms with Gasteiger partial charge >= 0.3 is 0 Å². The topological polar surface area (TPSA) is 60.1 Å². The molecule has 120 valence electrons. The Balaban J connectivity index is 1.63. The number of nitrogens with one attached hydrogen (secondary N) is 1. The van der Waals surface area contributed by atoms with Gasteiger partial charge in [0.15, 0.2) is 0 Å². The lowest BCUT2D eigenvalue weighted by Gasteiger charge is -2.09. The number of furan rings is 1. The van der Waals surface area contributed by atoms with Crippen LogP contribution in [-0.4, -0.2) is 15.7 Å². The molecule has 24 heavy (non-hydrogen) atoms. The number of anilines is 1. The fourth-order valence-electron chi connectivity index (χ4n) is 2.60. The van der Waals surface area contributed by atoms with Crippen LogP contribution in [0.5, 0.6) is 0 Å². The Morgan fingerprint density at radius 2 is 2.08 bits per heavy atom. The lowest BCUT2D eigenvalue weighted by atomic mass is 10.2. The van der Waals surface area contributed by atoms with E-state index >= 15 is 0 Å². The largest absolute Gasteiger partial charge is 0.465 e. The molecule has 0 fully saturated rings. The summed E-state index contributed by atoms with van der Waals surface area (Å²) in [5, 5.41) is 7.63. The number of para-hydroxylation sites is 1. The summed E-state index contributed by atoms with van der Waals surface area (Å²) >= 11 is 1.81. The van der Waals surface area contributed by atoms with Gasteiger partial charge in [0.2, 0.25) is 5.91 Å². The average molecular weight is 337 g/mol. The fourth-order valence-corrected chi connectivity index (χ4v) is 3.63. The molecule has 3 heterocycles. The van der Waals surface area contributed by atoms with Crippen molar-refractivity contribution in [3.8, 4) is 5.69 Å². The third-order valence-corrected chi connectivity index (χ3v) is 4.71. The van der Waals surface area contributed by atoms with E-state index in [2.05, 4.69) is 10.4 Å². The maximum Gasteiger partial charge on any atom is 0.249 e. The van der Waals surface area contributed by atoms with Crippen LogP contribution in [0.25, 0.3) is 11.8 Å². The summed E-state index contributed by atoms with van der Waals surface area (Å²) < 4.78 is 7.01. The first kappa shape index (κ1) is 14.8. The number of fused-ring (bicyclic) bond motifs is 1. The molecule has 0 saturated carbocycles. The van der Waals surface area contributed by atoms with E-state index in [9.17, 15) is 4.79 Å². The number of thioether (sulfide) groups is 1. The van der Waals surface area contributed by atoms with E-state index < -0.39 is 0 Å². The lowest BCUT2D eigenvalue weighted by molar-refractivity contribution is -0.111. The first-order valence-electron chi connectivity index (χ1n) is 7.58. The molecule has 0 spiro atoms. The minimum absolute atomic E-state index is 0.205. The smallest absolute Gasteiger partial charge is 0.249 e. The number of carbonyl (C=O) groups excluding carboxylic acids is 1. The van der Waals surface area contributed by atoms with E-state index in [1.807, 2.05) is 35.0 Å². The Hall–Kier alpha value is -2.73. The SMILES string of the molecule is O=C(/C=C/c1ccco1)Nc1c2c(nn1-c1ccccc1)CSC2. The second-order valence-electron chi connectivity index (χ2n) is 5.35. The summed E-state index contributed by atoms with van der Waals surface area (Å²) in [5.74, 6) is 2.92. The van der Waals surface area contributed by atoms with E-state index in [-0.39, 0.29) is 5.91 Å². The van der Waals surface area contributed by atoms with Gasteiger partial charge in [-0.15, -0.1) is 0 Å². The molecular formula is C18H15N3O2S. The third-order valence-electron chi connectivity index (χ3n) is 3.74. The average Bonchev–Trinajstić information content (AvgIpc) is 3.33. The zero-order valence-corrected chi connectivity index (χ0v) is 13.6. The Morgan fingerprint density at radius 1 is 1.21 bits per heavy atom. The summed E-state index contributed by atoms with van der Waals surface area (Å²) in [7, 11) is 0. The predicted molar refractivity (Wildman–Crippen MR) is 94.9 cm³/mol. The molecule has 0 unspecified atom stereocenters. The van der Waals surface area contributed by atoms with Crippen molar-refractivity contribution < 1.29 is 9.21 Å². The zero-order valence-electron chi connectivity index (χ0n) is 12.8. The van der Waals surface area contributed by atoms with Crippen LogP contribution in [-0.2, 0) is 16.3 Å². The van der Waals surface area contributed by atoms with Crippen molar-refractivity contribution in [3.05, 3.63) is 71.8 Å². The van der Waals surface area contributed by atoms with Crippen molar-refractivity contribution in [2.75, 3.05) is 5.32 Å². The predicted octanol–water partition coefficient (Wildman–Crippen LogP) is 3.86. The Kier molecular flexibility index (Phi) is 3.96. The molecule has 0 saturated heterocycles. The molecule has 3 aromatic rings. The highest BCUT2D eigenvalue weighted by molar-refractivity contribution is 7.98. The highest BCUT2D eigenvalue weighted by Gasteiger charge is 2.24. The molecule has 1 amide bonds. The first-order valence-corrected chi connectivity index (χ1v) is 8.73. The van der Waals surface area contributed by atoms with Gasteiger partial charge in [-0.3, -0.25) is 4.79 Å². The summed E-state index contributed by atoms with van der Waals surface area (Å²) in [6.45, 7) is 0. The van der Waals surface area contributed by atoms with Gasteiger partial charge in [-0.2, -0.15) is 16.9 Å². The van der Waals surface area contributed by atoms with E-state index in [1.54, 1.807) is 36.2 Å². The quantitative estimate of drug-likeness (QED) is 0.734. The van der Waals surface area contributed by atoms with Crippen molar-refractivity contribution in [2.45, 2.75) is 11.5 Å². The maximum atomic E-state index is 12.3. The molecule has 0 aliphatic carbocycles. The second kappa shape index (κ2) is 6.41. The monoisotopic (exact) mass is 337 g/mol. The van der Waals surface area contributed by atoms with Crippen LogP contribution in [0.4, 0.5) is 5.82 Å². The number of carbonyl (C=O) groups is 1. The minimum atomic E-state index is -0.205. The zero-order chi connectivity index (χ0) is 16.4. The van der Waals surface area contributed by atoms with E-state index in [0.717, 1.165) is 34.3 Å². The van der Waals surface area contributed by atoms with E-state index in [1.165, 1.54) is 6.08 Å². The molecule has 6 heteroatoms. The summed E-state index contributed by atoms with van der Waals surface area (Å²) in [5.41, 5.74) is 3.07. The van der Waals surface area contributed by atoms with Crippen molar-refractivity contribution in [2.24, 2.45) is 0 Å². The van der Waals surface area contributed by atoms with Crippen molar-refractivity contribution >= 4 is 29.6 Å². The Bertz CT molecular complexity index is 883. The Labute approximate surface area is 143 Å². The second-order valence-corrected chi connectivity index (χ2v) is 6.34. The van der Waals surface area contributed by atoms with Crippen molar-refractivity contribution in [1.82, 2.24) is 9.78 Å². The van der Waals surface area contributed by atoms with Crippen LogP contribution in [0, 0.1) is 0 Å². The Morgan fingerprint density at radius 3 is 2.88 bits per heavy atom. The highest BCUT2D eigenvalue weighted by Crippen LogP contribution is 2.36. The van der Waals surface area contributed by atoms with Gasteiger partial charge in [-0.1, -0.05) is 18.2 Å². The standard InChI is InChI=1S/C18H15N3O2S/c22-17(9-8-14-7-4-10-23-14)19-18-15-11-24-12-16(15)20-21(18)13-5-2-1-3-6-13/h1-10H,11-12H2,(H,19,22)/b9-8+. The number of amides is 1. The molecule has 2 aromatic heterocycles. The van der Waals surface area contributed by atoms with Crippen LogP contribution >= 0.6 is 11.8 Å². The summed E-state index contributed by atoms with van der Waals surface area (Å²) in [6.07, 6.45) is 4.69. The van der Waals surface area contributed by atoms with Gasteiger partial charge < -0.3 is 9.73 Å². The first-order chi connectivity index (χ1) is 11.8. The van der Waals surface area contributed by atoms with Gasteiger partial charge in [-0.25, -0.2) is 4.68 Å². The van der Waals surface area contributed by atoms with Gasteiger partial charge in [0, 0.05) is 23.1 Å². The lowest BCUT2D eigenvalue weighted by Crippen LogP contribution is -2.13. The number of benzene rings is 1.